The highest BCUT2D eigenvalue weighted by molar-refractivity contribution is 7.89. The molecule has 0 saturated heterocycles. The van der Waals surface area contributed by atoms with Crippen molar-refractivity contribution >= 4 is 22.4 Å². The van der Waals surface area contributed by atoms with Crippen LogP contribution in [0.15, 0.2) is 0 Å². The predicted octanol–water partition coefficient (Wildman–Crippen LogP) is 0.865. The Bertz CT molecular complexity index is 269. The van der Waals surface area contributed by atoms with Crippen molar-refractivity contribution < 1.29 is 8.42 Å². The Morgan fingerprint density at radius 1 is 1.33 bits per heavy atom. The summed E-state index contributed by atoms with van der Waals surface area (Å²) in [6.45, 7) is 2.24. The van der Waals surface area contributed by atoms with Gasteiger partial charge < -0.3 is 5.73 Å². The van der Waals surface area contributed by atoms with E-state index in [1.54, 1.807) is 6.92 Å². The molecular weight excluding hydrogens is 236 g/mol. The normalized spacial score (nSPS) is 27.1. The van der Waals surface area contributed by atoms with Crippen LogP contribution in [0.2, 0.25) is 0 Å². The highest BCUT2D eigenvalue weighted by Gasteiger charge is 2.26. The zero-order valence-corrected chi connectivity index (χ0v) is 10.7. The van der Waals surface area contributed by atoms with Crippen LogP contribution in [-0.2, 0) is 10.0 Å². The Kier molecular flexibility index (Phi) is 6.75. The summed E-state index contributed by atoms with van der Waals surface area (Å²) in [4.78, 5) is 0. The van der Waals surface area contributed by atoms with E-state index in [0.717, 1.165) is 19.3 Å². The molecule has 0 aromatic rings. The number of sulfonamides is 1. The number of halogens is 1. The monoisotopic (exact) mass is 256 g/mol. The van der Waals surface area contributed by atoms with E-state index in [-0.39, 0.29) is 24.2 Å². The van der Waals surface area contributed by atoms with Crippen LogP contribution in [-0.4, -0.2) is 26.8 Å². The molecule has 0 aromatic carbocycles. The molecule has 1 saturated carbocycles. The van der Waals surface area contributed by atoms with Gasteiger partial charge in [0.25, 0.3) is 0 Å². The minimum absolute atomic E-state index is 0. The Balaban J connectivity index is 0.00000196. The highest BCUT2D eigenvalue weighted by atomic mass is 35.5. The molecule has 0 amide bonds. The summed E-state index contributed by atoms with van der Waals surface area (Å²) in [6.07, 6.45) is 4.26. The van der Waals surface area contributed by atoms with Crippen LogP contribution in [0, 0.1) is 5.92 Å². The van der Waals surface area contributed by atoms with Crippen LogP contribution >= 0.6 is 12.4 Å². The third-order valence-corrected chi connectivity index (χ3v) is 4.34. The molecule has 4 nitrogen and oxygen atoms in total. The smallest absolute Gasteiger partial charge is 0.211 e. The van der Waals surface area contributed by atoms with Crippen LogP contribution in [0.3, 0.4) is 0 Å². The van der Waals surface area contributed by atoms with E-state index in [1.807, 2.05) is 0 Å². The molecule has 2 unspecified atom stereocenters. The van der Waals surface area contributed by atoms with Gasteiger partial charge in [0, 0.05) is 6.04 Å². The fourth-order valence-corrected chi connectivity index (χ4v) is 2.90. The lowest BCUT2D eigenvalue weighted by atomic mass is 9.85. The van der Waals surface area contributed by atoms with E-state index < -0.39 is 10.0 Å². The first-order chi connectivity index (χ1) is 6.59. The summed E-state index contributed by atoms with van der Waals surface area (Å²) in [5.41, 5.74) is 5.62. The Morgan fingerprint density at radius 3 is 2.47 bits per heavy atom. The maximum absolute atomic E-state index is 11.4. The predicted molar refractivity (Wildman–Crippen MR) is 64.6 cm³/mol. The van der Waals surface area contributed by atoms with Gasteiger partial charge in [-0.15, -0.1) is 12.4 Å². The maximum Gasteiger partial charge on any atom is 0.211 e. The maximum atomic E-state index is 11.4. The number of hydrogen-bond donors (Lipinski definition) is 2. The minimum atomic E-state index is -3.07. The van der Waals surface area contributed by atoms with Crippen molar-refractivity contribution in [2.24, 2.45) is 11.7 Å². The van der Waals surface area contributed by atoms with E-state index >= 15 is 0 Å². The summed E-state index contributed by atoms with van der Waals surface area (Å²) in [5, 5.41) is 0. The lowest BCUT2D eigenvalue weighted by Gasteiger charge is -2.30. The van der Waals surface area contributed by atoms with Crippen molar-refractivity contribution in [3.8, 4) is 0 Å². The summed E-state index contributed by atoms with van der Waals surface area (Å²) in [7, 11) is -3.07. The fourth-order valence-electron chi connectivity index (χ4n) is 1.96. The average Bonchev–Trinajstić information content (AvgIpc) is 2.18. The van der Waals surface area contributed by atoms with Crippen LogP contribution in [0.5, 0.6) is 0 Å². The molecule has 0 aromatic heterocycles. The largest absolute Gasteiger partial charge is 0.330 e. The van der Waals surface area contributed by atoms with Crippen molar-refractivity contribution in [1.29, 1.82) is 0 Å². The summed E-state index contributed by atoms with van der Waals surface area (Å²) in [6, 6.07) is 0.0682. The topological polar surface area (TPSA) is 72.2 Å². The molecule has 0 bridgehead atoms. The summed E-state index contributed by atoms with van der Waals surface area (Å²) < 4.78 is 25.5. The van der Waals surface area contributed by atoms with Crippen LogP contribution in [0.1, 0.15) is 32.6 Å². The van der Waals surface area contributed by atoms with E-state index in [0.29, 0.717) is 12.5 Å². The van der Waals surface area contributed by atoms with Gasteiger partial charge in [0.15, 0.2) is 0 Å². The fraction of sp³-hybridized carbons (Fsp3) is 1.00. The van der Waals surface area contributed by atoms with Gasteiger partial charge in [-0.3, -0.25) is 0 Å². The molecule has 1 aliphatic rings. The Morgan fingerprint density at radius 2 is 1.93 bits per heavy atom. The van der Waals surface area contributed by atoms with Gasteiger partial charge in [0.1, 0.15) is 0 Å². The van der Waals surface area contributed by atoms with Crippen molar-refractivity contribution in [1.82, 2.24) is 4.72 Å². The molecule has 1 fully saturated rings. The second kappa shape index (κ2) is 6.68. The number of hydrogen-bond acceptors (Lipinski definition) is 3. The molecule has 6 heteroatoms. The van der Waals surface area contributed by atoms with Crippen LogP contribution in [0.25, 0.3) is 0 Å². The second-order valence-electron chi connectivity index (χ2n) is 3.91. The molecule has 2 atom stereocenters. The van der Waals surface area contributed by atoms with Gasteiger partial charge in [-0.2, -0.15) is 0 Å². The molecule has 15 heavy (non-hydrogen) atoms. The van der Waals surface area contributed by atoms with E-state index in [2.05, 4.69) is 4.72 Å². The Labute approximate surface area is 98.5 Å². The van der Waals surface area contributed by atoms with Crippen LogP contribution in [0.4, 0.5) is 0 Å². The lowest BCUT2D eigenvalue weighted by molar-refractivity contribution is 0.296. The molecule has 0 aliphatic heterocycles. The van der Waals surface area contributed by atoms with Gasteiger partial charge in [0.05, 0.1) is 5.75 Å². The van der Waals surface area contributed by atoms with Gasteiger partial charge in [-0.05, 0) is 32.2 Å². The van der Waals surface area contributed by atoms with Crippen molar-refractivity contribution in [2.75, 3.05) is 12.3 Å². The molecule has 92 valence electrons. The van der Waals surface area contributed by atoms with Crippen molar-refractivity contribution in [3.63, 3.8) is 0 Å². The highest BCUT2D eigenvalue weighted by Crippen LogP contribution is 2.23. The third kappa shape index (κ3) is 4.68. The molecule has 1 aliphatic carbocycles. The van der Waals surface area contributed by atoms with Crippen molar-refractivity contribution in [3.05, 3.63) is 0 Å². The molecule has 3 N–H and O–H groups in total. The third-order valence-electron chi connectivity index (χ3n) is 2.92. The minimum Gasteiger partial charge on any atom is -0.330 e. The number of rotatable bonds is 4. The molecule has 0 heterocycles. The first kappa shape index (κ1) is 15.2. The standard InChI is InChI=1S/C9H20N2O2S.ClH/c1-2-14(12,13)11-9-6-4-3-5-8(9)7-10;/h8-9,11H,2-7,10H2,1H3;1H. The number of nitrogens with two attached hydrogens (primary N) is 1. The first-order valence-electron chi connectivity index (χ1n) is 5.29. The van der Waals surface area contributed by atoms with Gasteiger partial charge >= 0.3 is 0 Å². The first-order valence-corrected chi connectivity index (χ1v) is 6.94. The zero-order valence-electron chi connectivity index (χ0n) is 9.11. The summed E-state index contributed by atoms with van der Waals surface area (Å²) >= 11 is 0. The molecular formula is C9H21ClN2O2S. The van der Waals surface area contributed by atoms with Crippen molar-refractivity contribution in [2.45, 2.75) is 38.6 Å². The van der Waals surface area contributed by atoms with Crippen LogP contribution < -0.4 is 10.5 Å². The van der Waals surface area contributed by atoms with Gasteiger partial charge in [0.2, 0.25) is 10.0 Å². The quantitative estimate of drug-likeness (QED) is 0.784. The summed E-state index contributed by atoms with van der Waals surface area (Å²) in [5.74, 6) is 0.478. The molecule has 0 spiro atoms. The molecule has 0 radical (unpaired) electrons. The van der Waals surface area contributed by atoms with E-state index in [1.165, 1.54) is 6.42 Å². The lowest BCUT2D eigenvalue weighted by Crippen LogP contribution is -2.45. The van der Waals surface area contributed by atoms with Gasteiger partial charge in [-0.25, -0.2) is 13.1 Å². The van der Waals surface area contributed by atoms with Gasteiger partial charge in [-0.1, -0.05) is 12.8 Å². The molecule has 1 rings (SSSR count). The van der Waals surface area contributed by atoms with E-state index in [4.69, 9.17) is 5.73 Å². The van der Waals surface area contributed by atoms with E-state index in [9.17, 15) is 8.42 Å². The zero-order chi connectivity index (χ0) is 10.6. The Hall–Kier alpha value is 0.160. The average molecular weight is 257 g/mol. The second-order valence-corrected chi connectivity index (χ2v) is 5.95. The number of nitrogens with one attached hydrogen (secondary N) is 1. The SMILES string of the molecule is CCS(=O)(=O)NC1CCCCC1CN.Cl.